The molecule has 3 aliphatic rings. The molecule has 3 heterocycles. The van der Waals surface area contributed by atoms with Crippen LogP contribution in [-0.4, -0.2) is 67.5 Å². The predicted octanol–water partition coefficient (Wildman–Crippen LogP) is 3.23. The number of carbonyl (C=O) groups excluding carboxylic acids is 1. The van der Waals surface area contributed by atoms with Gasteiger partial charge in [0.25, 0.3) is 0 Å². The van der Waals surface area contributed by atoms with Crippen molar-refractivity contribution < 1.29 is 24.6 Å². The minimum absolute atomic E-state index is 0.108. The van der Waals surface area contributed by atoms with Crippen molar-refractivity contribution in [3.05, 3.63) is 59.7 Å². The molecule has 2 aromatic rings. The Labute approximate surface area is 229 Å². The third kappa shape index (κ3) is 6.25. The van der Waals surface area contributed by atoms with Crippen LogP contribution < -0.4 is 20.4 Å². The standard InChI is InChI=1S/C30H38N4O5/c35-28(36)26(22-8-10-31-18-22)16-20-4-1-6-24(14-20)33-12-3-13-34(30(33)39)25-7-2-5-21(15-25)17-27(29(37)38)23-9-11-32-19-23/h1-2,4-7,14-15,22-23,26-27,31-32H,3,8-13,16-19H2,(H,35,36)(H,37,38)/t22-,23-,26-,27-/m0/s1. The van der Waals surface area contributed by atoms with E-state index < -0.39 is 23.8 Å². The number of nitrogens with one attached hydrogen (secondary N) is 2. The molecule has 0 aromatic heterocycles. The summed E-state index contributed by atoms with van der Waals surface area (Å²) in [6.07, 6.45) is 3.38. The molecular formula is C30H38N4O5. The number of rotatable bonds is 10. The summed E-state index contributed by atoms with van der Waals surface area (Å²) in [6, 6.07) is 15.3. The van der Waals surface area contributed by atoms with Gasteiger partial charge < -0.3 is 20.8 Å². The molecule has 3 saturated heterocycles. The lowest BCUT2D eigenvalue weighted by Gasteiger charge is -2.36. The van der Waals surface area contributed by atoms with E-state index in [1.807, 2.05) is 48.5 Å². The van der Waals surface area contributed by atoms with Gasteiger partial charge in [0, 0.05) is 24.5 Å². The van der Waals surface area contributed by atoms with Crippen molar-refractivity contribution in [1.82, 2.24) is 10.6 Å². The first kappa shape index (κ1) is 27.1. The van der Waals surface area contributed by atoms with Crippen LogP contribution in [0.2, 0.25) is 0 Å². The number of hydrogen-bond acceptors (Lipinski definition) is 5. The number of carboxylic acids is 2. The number of carbonyl (C=O) groups is 3. The van der Waals surface area contributed by atoms with Crippen molar-refractivity contribution in [2.75, 3.05) is 49.1 Å². The van der Waals surface area contributed by atoms with Crippen LogP contribution in [0.4, 0.5) is 16.2 Å². The van der Waals surface area contributed by atoms with Crippen LogP contribution >= 0.6 is 0 Å². The molecule has 0 aliphatic carbocycles. The Balaban J connectivity index is 1.31. The lowest BCUT2D eigenvalue weighted by atomic mass is 9.86. The molecule has 0 bridgehead atoms. The second-order valence-corrected chi connectivity index (χ2v) is 11.1. The molecule has 9 heteroatoms. The molecule has 208 valence electrons. The smallest absolute Gasteiger partial charge is 0.328 e. The number of anilines is 2. The molecule has 39 heavy (non-hydrogen) atoms. The van der Waals surface area contributed by atoms with Gasteiger partial charge in [-0.2, -0.15) is 0 Å². The maximum Gasteiger partial charge on any atom is 0.328 e. The van der Waals surface area contributed by atoms with Crippen LogP contribution in [0.15, 0.2) is 48.5 Å². The fourth-order valence-electron chi connectivity index (χ4n) is 6.37. The second-order valence-electron chi connectivity index (χ2n) is 11.1. The summed E-state index contributed by atoms with van der Waals surface area (Å²) in [7, 11) is 0. The van der Waals surface area contributed by atoms with Gasteiger partial charge in [0.05, 0.1) is 11.8 Å². The van der Waals surface area contributed by atoms with E-state index >= 15 is 0 Å². The molecule has 0 radical (unpaired) electrons. The number of aliphatic carboxylic acids is 2. The average Bonchev–Trinajstić information content (AvgIpc) is 3.66. The third-order valence-electron chi connectivity index (χ3n) is 8.55. The molecule has 2 amide bonds. The quantitative estimate of drug-likeness (QED) is 0.369. The Bertz CT molecular complexity index is 1100. The van der Waals surface area contributed by atoms with Crippen LogP contribution in [0.5, 0.6) is 0 Å². The van der Waals surface area contributed by atoms with Crippen molar-refractivity contribution in [3.8, 4) is 0 Å². The van der Waals surface area contributed by atoms with E-state index in [0.717, 1.165) is 67.9 Å². The highest BCUT2D eigenvalue weighted by atomic mass is 16.4. The minimum atomic E-state index is -0.774. The van der Waals surface area contributed by atoms with Crippen LogP contribution in [-0.2, 0) is 22.4 Å². The highest BCUT2D eigenvalue weighted by molar-refractivity contribution is 6.04. The van der Waals surface area contributed by atoms with Crippen molar-refractivity contribution in [1.29, 1.82) is 0 Å². The SMILES string of the molecule is O=C(O)[C@@H](Cc1cccc(N2CCCN(c3cccc(C[C@H](C(=O)O)[C@H]4CCNC4)c3)C2=O)c1)[C@H]1CCNC1. The van der Waals surface area contributed by atoms with E-state index in [2.05, 4.69) is 10.6 Å². The highest BCUT2D eigenvalue weighted by Crippen LogP contribution is 2.30. The zero-order chi connectivity index (χ0) is 27.4. The first-order valence-corrected chi connectivity index (χ1v) is 14.0. The highest BCUT2D eigenvalue weighted by Gasteiger charge is 2.33. The monoisotopic (exact) mass is 534 g/mol. The Morgan fingerprint density at radius 1 is 0.795 bits per heavy atom. The van der Waals surface area contributed by atoms with Crippen LogP contribution in [0.3, 0.4) is 0 Å². The summed E-state index contributed by atoms with van der Waals surface area (Å²) in [4.78, 5) is 41.2. The van der Waals surface area contributed by atoms with Crippen molar-refractivity contribution in [2.24, 2.45) is 23.7 Å². The topological polar surface area (TPSA) is 122 Å². The number of hydrogen-bond donors (Lipinski definition) is 4. The van der Waals surface area contributed by atoms with E-state index in [0.29, 0.717) is 25.9 Å². The molecule has 0 spiro atoms. The van der Waals surface area contributed by atoms with Gasteiger partial charge in [-0.1, -0.05) is 24.3 Å². The molecule has 4 N–H and O–H groups in total. The lowest BCUT2D eigenvalue weighted by molar-refractivity contribution is -0.144. The Kier molecular flexibility index (Phi) is 8.47. The molecule has 3 fully saturated rings. The van der Waals surface area contributed by atoms with E-state index in [1.165, 1.54) is 0 Å². The number of nitrogens with zero attached hydrogens (tertiary/aromatic N) is 2. The third-order valence-corrected chi connectivity index (χ3v) is 8.55. The summed E-state index contributed by atoms with van der Waals surface area (Å²) in [6.45, 7) is 4.32. The average molecular weight is 535 g/mol. The first-order chi connectivity index (χ1) is 18.9. The number of carboxylic acid groups (broad SMARTS) is 2. The molecule has 9 nitrogen and oxygen atoms in total. The fourth-order valence-corrected chi connectivity index (χ4v) is 6.37. The zero-order valence-electron chi connectivity index (χ0n) is 22.2. The molecule has 0 saturated carbocycles. The Morgan fingerprint density at radius 2 is 1.26 bits per heavy atom. The van der Waals surface area contributed by atoms with Gasteiger partial charge in [-0.05, 0) is 106 Å². The van der Waals surface area contributed by atoms with Crippen molar-refractivity contribution in [3.63, 3.8) is 0 Å². The van der Waals surface area contributed by atoms with Gasteiger partial charge >= 0.3 is 18.0 Å². The van der Waals surface area contributed by atoms with Crippen molar-refractivity contribution >= 4 is 29.3 Å². The van der Waals surface area contributed by atoms with Gasteiger partial charge in [0.2, 0.25) is 0 Å². The van der Waals surface area contributed by atoms with Gasteiger partial charge in [-0.25, -0.2) is 4.79 Å². The lowest BCUT2D eigenvalue weighted by Crippen LogP contribution is -2.49. The number of amides is 2. The van der Waals surface area contributed by atoms with Crippen LogP contribution in [0, 0.1) is 23.7 Å². The van der Waals surface area contributed by atoms with Crippen LogP contribution in [0.1, 0.15) is 30.4 Å². The minimum Gasteiger partial charge on any atom is -0.481 e. The largest absolute Gasteiger partial charge is 0.481 e. The molecule has 5 rings (SSSR count). The zero-order valence-corrected chi connectivity index (χ0v) is 22.2. The summed E-state index contributed by atoms with van der Waals surface area (Å²) < 4.78 is 0. The Hall–Kier alpha value is -3.43. The van der Waals surface area contributed by atoms with Crippen LogP contribution in [0.25, 0.3) is 0 Å². The van der Waals surface area contributed by atoms with Gasteiger partial charge in [0.1, 0.15) is 0 Å². The molecule has 3 aliphatic heterocycles. The van der Waals surface area contributed by atoms with E-state index in [4.69, 9.17) is 0 Å². The molecule has 0 unspecified atom stereocenters. The van der Waals surface area contributed by atoms with E-state index in [1.54, 1.807) is 9.80 Å². The first-order valence-electron chi connectivity index (χ1n) is 14.0. The summed E-state index contributed by atoms with van der Waals surface area (Å²) >= 11 is 0. The van der Waals surface area contributed by atoms with Gasteiger partial charge in [0.15, 0.2) is 0 Å². The number of benzene rings is 2. The molecule has 4 atom stereocenters. The summed E-state index contributed by atoms with van der Waals surface area (Å²) in [5.41, 5.74) is 3.37. The second kappa shape index (κ2) is 12.2. The normalized spacial score (nSPS) is 23.1. The van der Waals surface area contributed by atoms with Gasteiger partial charge in [-0.15, -0.1) is 0 Å². The summed E-state index contributed by atoms with van der Waals surface area (Å²) in [5, 5.41) is 26.2. The maximum atomic E-state index is 13.7. The number of urea groups is 1. The van der Waals surface area contributed by atoms with E-state index in [-0.39, 0.29) is 17.9 Å². The molecule has 2 aromatic carbocycles. The predicted molar refractivity (Wildman–Crippen MR) is 149 cm³/mol. The summed E-state index contributed by atoms with van der Waals surface area (Å²) in [5.74, 6) is -2.25. The molecular weight excluding hydrogens is 496 g/mol. The Morgan fingerprint density at radius 3 is 1.64 bits per heavy atom. The van der Waals surface area contributed by atoms with E-state index in [9.17, 15) is 24.6 Å². The van der Waals surface area contributed by atoms with Crippen molar-refractivity contribution in [2.45, 2.75) is 32.1 Å². The van der Waals surface area contributed by atoms with Gasteiger partial charge in [-0.3, -0.25) is 19.4 Å². The fraction of sp³-hybridized carbons (Fsp3) is 0.500. The maximum absolute atomic E-state index is 13.7.